The normalized spacial score (nSPS) is 14.9. The summed E-state index contributed by atoms with van der Waals surface area (Å²) in [5.74, 6) is 2.64. The number of carbonyl (C=O) groups excluding carboxylic acids is 1. The van der Waals surface area contributed by atoms with Crippen molar-refractivity contribution in [2.75, 3.05) is 26.4 Å². The van der Waals surface area contributed by atoms with Crippen LogP contribution in [0.3, 0.4) is 0 Å². The first-order valence-electron chi connectivity index (χ1n) is 11.7. The number of carbonyl (C=O) groups is 1. The van der Waals surface area contributed by atoms with Gasteiger partial charge < -0.3 is 14.2 Å². The van der Waals surface area contributed by atoms with Crippen LogP contribution in [0, 0.1) is 6.92 Å². The van der Waals surface area contributed by atoms with Gasteiger partial charge in [0.25, 0.3) is 5.91 Å². The number of rotatable bonds is 11. The van der Waals surface area contributed by atoms with Gasteiger partial charge in [-0.2, -0.15) is 0 Å². The highest BCUT2D eigenvalue weighted by Gasteiger charge is 2.30. The molecule has 182 valence electrons. The molecule has 7 heteroatoms. The Morgan fingerprint density at radius 2 is 1.74 bits per heavy atom. The van der Waals surface area contributed by atoms with Gasteiger partial charge in [-0.15, -0.1) is 0 Å². The van der Waals surface area contributed by atoms with Gasteiger partial charge in [-0.3, -0.25) is 9.69 Å². The molecule has 0 bridgehead atoms. The van der Waals surface area contributed by atoms with Crippen molar-refractivity contribution in [3.63, 3.8) is 0 Å². The third kappa shape index (κ3) is 6.54. The molecule has 5 nitrogen and oxygen atoms in total. The van der Waals surface area contributed by atoms with E-state index in [0.717, 1.165) is 17.7 Å². The highest BCUT2D eigenvalue weighted by Crippen LogP contribution is 2.35. The van der Waals surface area contributed by atoms with Crippen molar-refractivity contribution in [2.24, 2.45) is 0 Å². The quantitative estimate of drug-likeness (QED) is 0.198. The van der Waals surface area contributed by atoms with Crippen LogP contribution in [0.2, 0.25) is 0 Å². The van der Waals surface area contributed by atoms with Crippen LogP contribution in [0.5, 0.6) is 17.2 Å². The Kier molecular flexibility index (Phi) is 9.42. The van der Waals surface area contributed by atoms with Crippen molar-refractivity contribution in [2.45, 2.75) is 47.0 Å². The summed E-state index contributed by atoms with van der Waals surface area (Å²) in [6.07, 6.45) is 2.60. The first-order valence-corrected chi connectivity index (χ1v) is 12.9. The van der Waals surface area contributed by atoms with E-state index in [4.69, 9.17) is 26.4 Å². The van der Waals surface area contributed by atoms with Crippen molar-refractivity contribution in [1.29, 1.82) is 0 Å². The molecule has 0 N–H and O–H groups in total. The Balaban J connectivity index is 1.60. The number of aryl methyl sites for hydroxylation is 1. The molecule has 0 radical (unpaired) electrons. The van der Waals surface area contributed by atoms with Gasteiger partial charge in [-0.1, -0.05) is 56.0 Å². The van der Waals surface area contributed by atoms with Gasteiger partial charge in [0.05, 0.1) is 24.7 Å². The smallest absolute Gasteiger partial charge is 0.266 e. The van der Waals surface area contributed by atoms with Gasteiger partial charge in [0.1, 0.15) is 10.1 Å². The number of benzene rings is 2. The minimum Gasteiger partial charge on any atom is -0.493 e. The van der Waals surface area contributed by atoms with E-state index in [1.54, 1.807) is 4.90 Å². The van der Waals surface area contributed by atoms with Gasteiger partial charge in [-0.05, 0) is 67.7 Å². The van der Waals surface area contributed by atoms with E-state index in [-0.39, 0.29) is 5.91 Å². The maximum Gasteiger partial charge on any atom is 0.266 e. The summed E-state index contributed by atoms with van der Waals surface area (Å²) in [5, 5.41) is 0. The number of ether oxygens (including phenoxy) is 3. The third-order valence-electron chi connectivity index (χ3n) is 5.35. The van der Waals surface area contributed by atoms with Gasteiger partial charge in [-0.25, -0.2) is 0 Å². The summed E-state index contributed by atoms with van der Waals surface area (Å²) in [6.45, 7) is 12.5. The van der Waals surface area contributed by atoms with Crippen LogP contribution in [0.1, 0.15) is 56.7 Å². The molecule has 0 aliphatic carbocycles. The highest BCUT2D eigenvalue weighted by atomic mass is 32.2. The maximum absolute atomic E-state index is 12.5. The monoisotopic (exact) mass is 499 g/mol. The molecule has 1 aliphatic heterocycles. The number of thioether (sulfide) groups is 1. The zero-order chi connectivity index (χ0) is 24.7. The molecule has 2 aromatic rings. The van der Waals surface area contributed by atoms with Crippen LogP contribution < -0.4 is 14.2 Å². The van der Waals surface area contributed by atoms with E-state index in [0.29, 0.717) is 53.0 Å². The Bertz CT molecular complexity index is 1060. The SMILES string of the molecule is CCOc1cc(/C=C2/SC(=S)N(CC)C2=O)ccc1OCCCOc1cc(C)ccc1C(C)C. The second kappa shape index (κ2) is 12.3. The Morgan fingerprint density at radius 3 is 2.38 bits per heavy atom. The molecule has 34 heavy (non-hydrogen) atoms. The number of hydrogen-bond donors (Lipinski definition) is 0. The lowest BCUT2D eigenvalue weighted by atomic mass is 10.0. The lowest BCUT2D eigenvalue weighted by Crippen LogP contribution is -2.27. The Morgan fingerprint density at radius 1 is 1.00 bits per heavy atom. The molecule has 1 aliphatic rings. The molecule has 0 unspecified atom stereocenters. The predicted molar refractivity (Wildman–Crippen MR) is 144 cm³/mol. The van der Waals surface area contributed by atoms with Gasteiger partial charge in [0, 0.05) is 13.0 Å². The fraction of sp³-hybridized carbons (Fsp3) is 0.407. The number of nitrogens with zero attached hydrogens (tertiary/aromatic N) is 1. The third-order valence-corrected chi connectivity index (χ3v) is 6.73. The molecular weight excluding hydrogens is 466 g/mol. The Labute approximate surface area is 212 Å². The van der Waals surface area contributed by atoms with Crippen LogP contribution >= 0.6 is 24.0 Å². The summed E-state index contributed by atoms with van der Waals surface area (Å²) in [7, 11) is 0. The molecule has 0 spiro atoms. The van der Waals surface area contributed by atoms with E-state index < -0.39 is 0 Å². The van der Waals surface area contributed by atoms with Crippen LogP contribution in [0.25, 0.3) is 6.08 Å². The Hall–Kier alpha value is -2.51. The minimum absolute atomic E-state index is 0.0509. The number of hydrogen-bond acceptors (Lipinski definition) is 6. The highest BCUT2D eigenvalue weighted by molar-refractivity contribution is 8.26. The minimum atomic E-state index is -0.0509. The predicted octanol–water partition coefficient (Wildman–Crippen LogP) is 6.59. The van der Waals surface area contributed by atoms with Crippen LogP contribution in [-0.2, 0) is 4.79 Å². The second-order valence-electron chi connectivity index (χ2n) is 8.31. The van der Waals surface area contributed by atoms with E-state index in [9.17, 15) is 4.79 Å². The molecule has 0 saturated carbocycles. The fourth-order valence-electron chi connectivity index (χ4n) is 3.59. The van der Waals surface area contributed by atoms with Gasteiger partial charge in [0.15, 0.2) is 11.5 Å². The molecule has 1 fully saturated rings. The van der Waals surface area contributed by atoms with E-state index in [1.807, 2.05) is 38.1 Å². The largest absolute Gasteiger partial charge is 0.493 e. The van der Waals surface area contributed by atoms with Crippen LogP contribution in [-0.4, -0.2) is 41.5 Å². The second-order valence-corrected chi connectivity index (χ2v) is 9.99. The summed E-state index contributed by atoms with van der Waals surface area (Å²) >= 11 is 6.63. The molecule has 1 amide bonds. The number of amides is 1. The maximum atomic E-state index is 12.5. The van der Waals surface area contributed by atoms with E-state index >= 15 is 0 Å². The lowest BCUT2D eigenvalue weighted by Gasteiger charge is -2.16. The average Bonchev–Trinajstić information content (AvgIpc) is 3.06. The number of thiocarbonyl (C=S) groups is 1. The van der Waals surface area contributed by atoms with Crippen LogP contribution in [0.4, 0.5) is 0 Å². The molecule has 1 saturated heterocycles. The van der Waals surface area contributed by atoms with Crippen molar-refractivity contribution in [1.82, 2.24) is 4.90 Å². The van der Waals surface area contributed by atoms with E-state index in [2.05, 4.69) is 39.0 Å². The van der Waals surface area contributed by atoms with Crippen molar-refractivity contribution < 1.29 is 19.0 Å². The topological polar surface area (TPSA) is 48.0 Å². The molecule has 0 aromatic heterocycles. The standard InChI is InChI=1S/C27H33NO4S2/c1-6-28-26(29)25(34-27(28)33)17-20-10-12-22(24(16-20)30-7-2)31-13-8-14-32-23-15-19(5)9-11-21(23)18(3)4/h9-12,15-18H,6-8,13-14H2,1-5H3/b25-17+. The molecule has 2 aromatic carbocycles. The summed E-state index contributed by atoms with van der Waals surface area (Å²) in [4.78, 5) is 14.7. The molecular formula is C27H33NO4S2. The van der Waals surface area contributed by atoms with Crippen LogP contribution in [0.15, 0.2) is 41.3 Å². The van der Waals surface area contributed by atoms with E-state index in [1.165, 1.54) is 22.9 Å². The van der Waals surface area contributed by atoms with Crippen molar-refractivity contribution in [3.05, 3.63) is 58.0 Å². The molecule has 1 heterocycles. The average molecular weight is 500 g/mol. The zero-order valence-electron chi connectivity index (χ0n) is 20.6. The zero-order valence-corrected chi connectivity index (χ0v) is 22.2. The van der Waals surface area contributed by atoms with Crippen molar-refractivity contribution in [3.8, 4) is 17.2 Å². The lowest BCUT2D eigenvalue weighted by molar-refractivity contribution is -0.121. The van der Waals surface area contributed by atoms with Gasteiger partial charge in [0.2, 0.25) is 0 Å². The first-order chi connectivity index (χ1) is 16.3. The summed E-state index contributed by atoms with van der Waals surface area (Å²) in [5.41, 5.74) is 3.28. The number of likely N-dealkylation sites (N-methyl/N-ethyl adjacent to an activating group) is 1. The van der Waals surface area contributed by atoms with Gasteiger partial charge >= 0.3 is 0 Å². The summed E-state index contributed by atoms with van der Waals surface area (Å²) < 4.78 is 18.5. The summed E-state index contributed by atoms with van der Waals surface area (Å²) in [6, 6.07) is 12.1. The fourth-order valence-corrected chi connectivity index (χ4v) is 4.98. The first kappa shape index (κ1) is 26.1. The molecule has 3 rings (SSSR count). The van der Waals surface area contributed by atoms with Crippen molar-refractivity contribution >= 4 is 40.3 Å². The molecule has 0 atom stereocenters.